The molecule has 1 aromatic rings. The van der Waals surface area contributed by atoms with Crippen LogP contribution in [0.25, 0.3) is 0 Å². The lowest BCUT2D eigenvalue weighted by Gasteiger charge is -2.41. The molecular formula is C18H22ClN3O2. The Morgan fingerprint density at radius 3 is 3.00 bits per heavy atom. The summed E-state index contributed by atoms with van der Waals surface area (Å²) in [6, 6.07) is 7.68. The van der Waals surface area contributed by atoms with Crippen LogP contribution in [0, 0.1) is 23.2 Å². The first-order valence-electron chi connectivity index (χ1n) is 8.37. The number of nitriles is 1. The molecule has 6 heteroatoms. The highest BCUT2D eigenvalue weighted by atomic mass is 35.5. The summed E-state index contributed by atoms with van der Waals surface area (Å²) in [7, 11) is 1.54. The first-order chi connectivity index (χ1) is 11.6. The highest BCUT2D eigenvalue weighted by Crippen LogP contribution is 2.35. The van der Waals surface area contributed by atoms with Crippen molar-refractivity contribution in [2.45, 2.75) is 37.1 Å². The second-order valence-corrected chi connectivity index (χ2v) is 7.24. The number of anilines is 1. The third kappa shape index (κ3) is 3.59. The minimum atomic E-state index is -0.0419. The standard InChI is InChI=1S/C18H22ClN3O2/c1-24-17-8-15(5-3-12(17)9-20)21-10-13-6-11-2-4-14(19)7-16(11)22-18(13)23/h3,5,8,11,13-14,16,21H,2,4,6-7,10H2,1H3,(H,22,23). The number of rotatable bonds is 4. The summed E-state index contributed by atoms with van der Waals surface area (Å²) in [6.45, 7) is 0.578. The van der Waals surface area contributed by atoms with E-state index in [1.807, 2.05) is 6.07 Å². The van der Waals surface area contributed by atoms with Crippen molar-refractivity contribution >= 4 is 23.2 Å². The summed E-state index contributed by atoms with van der Waals surface area (Å²) in [5, 5.41) is 15.7. The molecule has 2 N–H and O–H groups in total. The van der Waals surface area contributed by atoms with Crippen molar-refractivity contribution in [3.05, 3.63) is 23.8 Å². The molecular weight excluding hydrogens is 326 g/mol. The molecule has 1 aliphatic carbocycles. The molecule has 0 aromatic heterocycles. The number of carbonyl (C=O) groups is 1. The average molecular weight is 348 g/mol. The van der Waals surface area contributed by atoms with Gasteiger partial charge in [-0.25, -0.2) is 0 Å². The number of amides is 1. The number of halogens is 1. The molecule has 4 unspecified atom stereocenters. The van der Waals surface area contributed by atoms with Crippen LogP contribution >= 0.6 is 11.6 Å². The summed E-state index contributed by atoms with van der Waals surface area (Å²) < 4.78 is 5.22. The molecule has 1 heterocycles. The highest BCUT2D eigenvalue weighted by molar-refractivity contribution is 6.20. The van der Waals surface area contributed by atoms with Gasteiger partial charge >= 0.3 is 0 Å². The topological polar surface area (TPSA) is 74.2 Å². The Hall–Kier alpha value is -1.93. The fourth-order valence-corrected chi connectivity index (χ4v) is 4.04. The number of piperidine rings is 1. The van der Waals surface area contributed by atoms with Gasteiger partial charge in [0.25, 0.3) is 0 Å². The van der Waals surface area contributed by atoms with Crippen molar-refractivity contribution in [3.8, 4) is 11.8 Å². The fraction of sp³-hybridized carbons (Fsp3) is 0.556. The second-order valence-electron chi connectivity index (χ2n) is 6.63. The fourth-order valence-electron chi connectivity index (χ4n) is 3.72. The van der Waals surface area contributed by atoms with Crippen LogP contribution in [0.5, 0.6) is 5.75 Å². The molecule has 2 fully saturated rings. The lowest BCUT2D eigenvalue weighted by Crippen LogP contribution is -2.53. The van der Waals surface area contributed by atoms with Crippen LogP contribution in [0.1, 0.15) is 31.2 Å². The van der Waals surface area contributed by atoms with Crippen LogP contribution in [0.15, 0.2) is 18.2 Å². The SMILES string of the molecule is COc1cc(NCC2CC3CCC(Cl)CC3NC2=O)ccc1C#N. The highest BCUT2D eigenvalue weighted by Gasteiger charge is 2.38. The summed E-state index contributed by atoms with van der Waals surface area (Å²) in [5.74, 6) is 1.13. The van der Waals surface area contributed by atoms with E-state index in [0.717, 1.165) is 31.4 Å². The molecule has 3 rings (SSSR count). The maximum absolute atomic E-state index is 12.3. The summed E-state index contributed by atoms with van der Waals surface area (Å²) >= 11 is 6.22. The zero-order valence-corrected chi connectivity index (χ0v) is 14.5. The number of methoxy groups -OCH3 is 1. The van der Waals surface area contributed by atoms with Gasteiger partial charge in [-0.1, -0.05) is 0 Å². The number of hydrogen-bond donors (Lipinski definition) is 2. The Labute approximate surface area is 147 Å². The van der Waals surface area contributed by atoms with Gasteiger partial charge in [0.15, 0.2) is 0 Å². The minimum Gasteiger partial charge on any atom is -0.495 e. The zero-order valence-electron chi connectivity index (χ0n) is 13.7. The molecule has 2 aliphatic rings. The van der Waals surface area contributed by atoms with E-state index in [0.29, 0.717) is 23.8 Å². The molecule has 0 bridgehead atoms. The number of nitrogens with one attached hydrogen (secondary N) is 2. The number of benzene rings is 1. The van der Waals surface area contributed by atoms with E-state index in [1.54, 1.807) is 19.2 Å². The maximum Gasteiger partial charge on any atom is 0.225 e. The quantitative estimate of drug-likeness (QED) is 0.821. The molecule has 5 nitrogen and oxygen atoms in total. The molecule has 1 aliphatic heterocycles. The first-order valence-corrected chi connectivity index (χ1v) is 8.80. The molecule has 1 aromatic carbocycles. The monoisotopic (exact) mass is 347 g/mol. The van der Waals surface area contributed by atoms with E-state index in [1.165, 1.54) is 0 Å². The molecule has 1 amide bonds. The van der Waals surface area contributed by atoms with E-state index < -0.39 is 0 Å². The molecule has 24 heavy (non-hydrogen) atoms. The Bertz CT molecular complexity index is 658. The normalized spacial score (nSPS) is 29.1. The van der Waals surface area contributed by atoms with Crippen LogP contribution in [0.3, 0.4) is 0 Å². The Balaban J connectivity index is 1.61. The zero-order chi connectivity index (χ0) is 17.1. The summed E-state index contributed by atoms with van der Waals surface area (Å²) in [4.78, 5) is 12.3. The second kappa shape index (κ2) is 7.31. The van der Waals surface area contributed by atoms with E-state index >= 15 is 0 Å². The van der Waals surface area contributed by atoms with Crippen molar-refractivity contribution in [1.82, 2.24) is 5.32 Å². The first kappa shape index (κ1) is 16.9. The van der Waals surface area contributed by atoms with Gasteiger partial charge in [-0.05, 0) is 43.7 Å². The van der Waals surface area contributed by atoms with Gasteiger partial charge in [0.2, 0.25) is 5.91 Å². The number of nitrogens with zero attached hydrogens (tertiary/aromatic N) is 1. The summed E-state index contributed by atoms with van der Waals surface area (Å²) in [6.07, 6.45) is 3.90. The van der Waals surface area contributed by atoms with Gasteiger partial charge in [0.1, 0.15) is 11.8 Å². The number of carbonyl (C=O) groups excluding carboxylic acids is 1. The lowest BCUT2D eigenvalue weighted by atomic mass is 9.75. The van der Waals surface area contributed by atoms with Gasteiger partial charge in [-0.3, -0.25) is 4.79 Å². The number of fused-ring (bicyclic) bond motifs is 1. The van der Waals surface area contributed by atoms with Crippen LogP contribution in [0.4, 0.5) is 5.69 Å². The van der Waals surface area contributed by atoms with Crippen LogP contribution in [0.2, 0.25) is 0 Å². The number of alkyl halides is 1. The third-order valence-electron chi connectivity index (χ3n) is 5.09. The molecule has 0 spiro atoms. The molecule has 4 atom stereocenters. The van der Waals surface area contributed by atoms with Crippen molar-refractivity contribution in [3.63, 3.8) is 0 Å². The van der Waals surface area contributed by atoms with Crippen molar-refractivity contribution in [2.75, 3.05) is 19.0 Å². The predicted molar refractivity (Wildman–Crippen MR) is 93.2 cm³/mol. The molecule has 1 saturated heterocycles. The van der Waals surface area contributed by atoms with Crippen LogP contribution in [-0.2, 0) is 4.79 Å². The maximum atomic E-state index is 12.3. The van der Waals surface area contributed by atoms with Crippen molar-refractivity contribution < 1.29 is 9.53 Å². The van der Waals surface area contributed by atoms with Gasteiger partial charge in [0.05, 0.1) is 18.6 Å². The van der Waals surface area contributed by atoms with Crippen molar-refractivity contribution in [1.29, 1.82) is 5.26 Å². The number of hydrogen-bond acceptors (Lipinski definition) is 4. The third-order valence-corrected chi connectivity index (χ3v) is 5.49. The minimum absolute atomic E-state index is 0.0419. The van der Waals surface area contributed by atoms with E-state index in [2.05, 4.69) is 16.7 Å². The Morgan fingerprint density at radius 2 is 2.25 bits per heavy atom. The molecule has 1 saturated carbocycles. The van der Waals surface area contributed by atoms with Gasteiger partial charge < -0.3 is 15.4 Å². The largest absolute Gasteiger partial charge is 0.495 e. The van der Waals surface area contributed by atoms with E-state index in [4.69, 9.17) is 21.6 Å². The van der Waals surface area contributed by atoms with E-state index in [-0.39, 0.29) is 23.2 Å². The van der Waals surface area contributed by atoms with Crippen LogP contribution < -0.4 is 15.4 Å². The Kier molecular flexibility index (Phi) is 5.15. The molecule has 0 radical (unpaired) electrons. The Morgan fingerprint density at radius 1 is 1.42 bits per heavy atom. The van der Waals surface area contributed by atoms with Gasteiger partial charge in [-0.15, -0.1) is 11.6 Å². The van der Waals surface area contributed by atoms with Crippen LogP contribution in [-0.4, -0.2) is 31.0 Å². The van der Waals surface area contributed by atoms with Gasteiger partial charge in [0, 0.05) is 29.7 Å². The average Bonchev–Trinajstić information content (AvgIpc) is 2.59. The van der Waals surface area contributed by atoms with E-state index in [9.17, 15) is 4.79 Å². The smallest absolute Gasteiger partial charge is 0.225 e. The van der Waals surface area contributed by atoms with Crippen molar-refractivity contribution in [2.24, 2.45) is 11.8 Å². The predicted octanol–water partition coefficient (Wildman–Crippen LogP) is 2.89. The summed E-state index contributed by atoms with van der Waals surface area (Å²) in [5.41, 5.74) is 1.35. The van der Waals surface area contributed by atoms with Gasteiger partial charge in [-0.2, -0.15) is 5.26 Å². The lowest BCUT2D eigenvalue weighted by molar-refractivity contribution is -0.129. The number of ether oxygens (including phenoxy) is 1. The molecule has 128 valence electrons.